The van der Waals surface area contributed by atoms with Crippen LogP contribution in [0.25, 0.3) is 0 Å². The molecule has 0 saturated heterocycles. The van der Waals surface area contributed by atoms with Crippen LogP contribution in [0.1, 0.15) is 4.88 Å². The van der Waals surface area contributed by atoms with Crippen molar-refractivity contribution in [1.29, 1.82) is 0 Å². The largest absolute Gasteiger partial charge is 0.264 e. The fraction of sp³-hybridized carbons (Fsp3) is 0.100. The lowest BCUT2D eigenvalue weighted by molar-refractivity contribution is 0.600. The van der Waals surface area contributed by atoms with Crippen LogP contribution in [-0.2, 0) is 10.0 Å². The highest BCUT2D eigenvalue weighted by Crippen LogP contribution is 2.28. The Hall–Kier alpha value is -0.440. The van der Waals surface area contributed by atoms with E-state index in [1.54, 1.807) is 18.3 Å². The zero-order valence-corrected chi connectivity index (χ0v) is 14.0. The summed E-state index contributed by atoms with van der Waals surface area (Å²) in [5.41, 5.74) is 0. The first-order valence-electron chi connectivity index (χ1n) is 4.79. The lowest BCUT2D eigenvalue weighted by Gasteiger charge is -2.07. The zero-order chi connectivity index (χ0) is 13.3. The highest BCUT2D eigenvalue weighted by atomic mass is 79.9. The molecule has 1 aromatic heterocycles. The van der Waals surface area contributed by atoms with Crippen LogP contribution in [0, 0.1) is 6.92 Å². The first-order valence-corrected chi connectivity index (χ1v) is 8.67. The average Bonchev–Trinajstić information content (AvgIpc) is 2.62. The van der Waals surface area contributed by atoms with Crippen LogP contribution in [-0.4, -0.2) is 13.4 Å². The van der Waals surface area contributed by atoms with Gasteiger partial charge < -0.3 is 0 Å². The number of nitrogens with zero attached hydrogens (tertiary/aromatic N) is 1. The van der Waals surface area contributed by atoms with Gasteiger partial charge in [0.05, 0.1) is 0 Å². The summed E-state index contributed by atoms with van der Waals surface area (Å²) in [6, 6.07) is 4.88. The summed E-state index contributed by atoms with van der Waals surface area (Å²) in [7, 11) is -3.62. The normalized spacial score (nSPS) is 11.5. The SMILES string of the molecule is Cc1cnc(NS(=O)(=O)c2ccc(Br)cc2Br)s1. The molecule has 8 heteroatoms. The first-order chi connectivity index (χ1) is 8.38. The molecule has 0 bridgehead atoms. The lowest BCUT2D eigenvalue weighted by Crippen LogP contribution is -2.13. The number of nitrogens with one attached hydrogen (secondary N) is 1. The van der Waals surface area contributed by atoms with Gasteiger partial charge in [-0.1, -0.05) is 15.9 Å². The van der Waals surface area contributed by atoms with Crippen LogP contribution >= 0.6 is 43.2 Å². The number of aryl methyl sites for hydroxylation is 1. The Balaban J connectivity index is 2.36. The molecule has 18 heavy (non-hydrogen) atoms. The van der Waals surface area contributed by atoms with Gasteiger partial charge in [0.25, 0.3) is 10.0 Å². The third-order valence-electron chi connectivity index (χ3n) is 2.03. The summed E-state index contributed by atoms with van der Waals surface area (Å²) in [4.78, 5) is 5.10. The van der Waals surface area contributed by atoms with E-state index in [1.807, 2.05) is 6.92 Å². The number of hydrogen-bond donors (Lipinski definition) is 1. The standard InChI is InChI=1S/C10H8Br2N2O2S2/c1-6-5-13-10(17-6)14-18(15,16)9-3-2-7(11)4-8(9)12/h2-5H,1H3,(H,13,14). The quantitative estimate of drug-likeness (QED) is 0.835. The Bertz CT molecular complexity index is 683. The summed E-state index contributed by atoms with van der Waals surface area (Å²) in [6.07, 6.45) is 1.62. The number of thiazole rings is 1. The molecule has 0 atom stereocenters. The molecule has 2 aromatic rings. The number of benzene rings is 1. The van der Waals surface area contributed by atoms with Gasteiger partial charge in [0.1, 0.15) is 4.90 Å². The van der Waals surface area contributed by atoms with Gasteiger partial charge in [-0.25, -0.2) is 13.4 Å². The van der Waals surface area contributed by atoms with Gasteiger partial charge in [-0.2, -0.15) is 0 Å². The number of sulfonamides is 1. The highest BCUT2D eigenvalue weighted by Gasteiger charge is 2.19. The zero-order valence-electron chi connectivity index (χ0n) is 9.15. The maximum Gasteiger partial charge on any atom is 0.264 e. The smallest absolute Gasteiger partial charge is 0.255 e. The van der Waals surface area contributed by atoms with Gasteiger partial charge in [0, 0.05) is 20.0 Å². The second-order valence-corrected chi connectivity index (χ2v) is 8.11. The van der Waals surface area contributed by atoms with Gasteiger partial charge in [-0.15, -0.1) is 11.3 Å². The van der Waals surface area contributed by atoms with Crippen LogP contribution in [0.15, 0.2) is 38.2 Å². The monoisotopic (exact) mass is 410 g/mol. The van der Waals surface area contributed by atoms with Gasteiger partial charge in [-0.3, -0.25) is 4.72 Å². The number of anilines is 1. The van der Waals surface area contributed by atoms with Crippen molar-refractivity contribution in [3.63, 3.8) is 0 Å². The Morgan fingerprint density at radius 3 is 2.61 bits per heavy atom. The van der Waals surface area contributed by atoms with E-state index in [-0.39, 0.29) is 4.90 Å². The summed E-state index contributed by atoms with van der Waals surface area (Å²) in [5.74, 6) is 0. The van der Waals surface area contributed by atoms with Crippen molar-refractivity contribution in [3.05, 3.63) is 38.2 Å². The van der Waals surface area contributed by atoms with E-state index in [4.69, 9.17) is 0 Å². The molecule has 96 valence electrons. The van der Waals surface area contributed by atoms with Crippen LogP contribution in [0.4, 0.5) is 5.13 Å². The lowest BCUT2D eigenvalue weighted by atomic mass is 10.4. The summed E-state index contributed by atoms with van der Waals surface area (Å²) < 4.78 is 28.1. The molecule has 1 N–H and O–H groups in total. The van der Waals surface area contributed by atoms with Crippen LogP contribution < -0.4 is 4.72 Å². The molecule has 0 spiro atoms. The molecule has 0 aliphatic rings. The van der Waals surface area contributed by atoms with E-state index >= 15 is 0 Å². The number of rotatable bonds is 3. The van der Waals surface area contributed by atoms with Crippen molar-refractivity contribution >= 4 is 58.4 Å². The van der Waals surface area contributed by atoms with E-state index in [1.165, 1.54) is 17.4 Å². The molecule has 0 unspecified atom stereocenters. The minimum absolute atomic E-state index is 0.179. The second-order valence-electron chi connectivity index (χ2n) is 3.46. The Morgan fingerprint density at radius 1 is 1.33 bits per heavy atom. The third kappa shape index (κ3) is 3.11. The van der Waals surface area contributed by atoms with E-state index in [9.17, 15) is 8.42 Å². The van der Waals surface area contributed by atoms with Crippen molar-refractivity contribution in [1.82, 2.24) is 4.98 Å². The Kier molecular flexibility index (Phi) is 4.10. The van der Waals surface area contributed by atoms with Crippen molar-refractivity contribution in [2.24, 2.45) is 0 Å². The Morgan fingerprint density at radius 2 is 2.06 bits per heavy atom. The second kappa shape index (κ2) is 5.28. The van der Waals surface area contributed by atoms with E-state index in [2.05, 4.69) is 41.6 Å². The summed E-state index contributed by atoms with van der Waals surface area (Å²) in [6.45, 7) is 1.87. The van der Waals surface area contributed by atoms with Crippen LogP contribution in [0.2, 0.25) is 0 Å². The molecular weight excluding hydrogens is 404 g/mol. The topological polar surface area (TPSA) is 59.1 Å². The van der Waals surface area contributed by atoms with Crippen LogP contribution in [0.3, 0.4) is 0 Å². The van der Waals surface area contributed by atoms with Crippen LogP contribution in [0.5, 0.6) is 0 Å². The summed E-state index contributed by atoms with van der Waals surface area (Å²) in [5, 5.41) is 0.363. The van der Waals surface area contributed by atoms with Gasteiger partial charge >= 0.3 is 0 Å². The predicted octanol–water partition coefficient (Wildman–Crippen LogP) is 3.78. The summed E-state index contributed by atoms with van der Waals surface area (Å²) >= 11 is 7.81. The molecule has 0 amide bonds. The molecule has 0 saturated carbocycles. The Labute approximate surface area is 126 Å². The van der Waals surface area contributed by atoms with Crippen molar-refractivity contribution in [2.45, 2.75) is 11.8 Å². The van der Waals surface area contributed by atoms with E-state index in [0.29, 0.717) is 9.60 Å². The minimum atomic E-state index is -3.62. The molecule has 4 nitrogen and oxygen atoms in total. The fourth-order valence-electron chi connectivity index (χ4n) is 1.26. The maximum absolute atomic E-state index is 12.2. The minimum Gasteiger partial charge on any atom is -0.255 e. The molecule has 0 aliphatic carbocycles. The molecule has 1 aromatic carbocycles. The van der Waals surface area contributed by atoms with E-state index in [0.717, 1.165) is 9.35 Å². The van der Waals surface area contributed by atoms with Crippen molar-refractivity contribution in [3.8, 4) is 0 Å². The highest BCUT2D eigenvalue weighted by molar-refractivity contribution is 9.11. The molecule has 0 fully saturated rings. The molecule has 0 aliphatic heterocycles. The predicted molar refractivity (Wildman–Crippen MR) is 79.5 cm³/mol. The number of halogens is 2. The van der Waals surface area contributed by atoms with Crippen molar-refractivity contribution < 1.29 is 8.42 Å². The third-order valence-corrected chi connectivity index (χ3v) is 5.79. The first kappa shape index (κ1) is 14.0. The molecule has 0 radical (unpaired) electrons. The number of aromatic nitrogens is 1. The molecule has 1 heterocycles. The van der Waals surface area contributed by atoms with E-state index < -0.39 is 10.0 Å². The maximum atomic E-state index is 12.2. The van der Waals surface area contributed by atoms with Crippen molar-refractivity contribution in [2.75, 3.05) is 4.72 Å². The van der Waals surface area contributed by atoms with Gasteiger partial charge in [0.15, 0.2) is 5.13 Å². The fourth-order valence-corrected chi connectivity index (χ4v) is 4.92. The molecular formula is C10H8Br2N2O2S2. The van der Waals surface area contributed by atoms with Gasteiger partial charge in [0.2, 0.25) is 0 Å². The van der Waals surface area contributed by atoms with Gasteiger partial charge in [-0.05, 0) is 41.1 Å². The number of hydrogen-bond acceptors (Lipinski definition) is 4. The average molecular weight is 412 g/mol. The molecule has 2 rings (SSSR count).